The summed E-state index contributed by atoms with van der Waals surface area (Å²) >= 11 is 0. The molecule has 254 valence electrons. The van der Waals surface area contributed by atoms with Crippen LogP contribution in [-0.4, -0.2) is 74.0 Å². The van der Waals surface area contributed by atoms with E-state index in [1.54, 1.807) is 19.8 Å². The topological polar surface area (TPSA) is 88.5 Å². The number of fused-ring (bicyclic) bond motifs is 2. The van der Waals surface area contributed by atoms with Crippen LogP contribution >= 0.6 is 0 Å². The van der Waals surface area contributed by atoms with Crippen molar-refractivity contribution in [3.8, 4) is 11.5 Å². The molecule has 6 atom stereocenters. The molecule has 1 amide bonds. The molecule has 4 fully saturated rings. The minimum Gasteiger partial charge on any atom is -0.493 e. The molecule has 13 rings (SSSR count). The average Bonchev–Trinajstić information content (AvgIpc) is 3.57. The summed E-state index contributed by atoms with van der Waals surface area (Å²) in [6.07, 6.45) is 8.63. The van der Waals surface area contributed by atoms with E-state index in [9.17, 15) is 14.7 Å². The zero-order chi connectivity index (χ0) is 33.6. The quantitative estimate of drug-likeness (QED) is 0.362. The molecule has 2 unspecified atom stereocenters. The first-order valence-corrected chi connectivity index (χ1v) is 17.9. The number of anilines is 1. The Hall–Kier alpha value is -4.14. The van der Waals surface area contributed by atoms with Crippen molar-refractivity contribution >= 4 is 17.6 Å². The predicted octanol–water partition coefficient (Wildman–Crippen LogP) is 5.69. The van der Waals surface area contributed by atoms with E-state index in [1.807, 2.05) is 12.1 Å². The summed E-state index contributed by atoms with van der Waals surface area (Å²) < 4.78 is 17.6. The van der Waals surface area contributed by atoms with Crippen molar-refractivity contribution in [1.29, 1.82) is 0 Å². The SMILES string of the molecule is COc1cc2c(cc1OC)C13CCN4CC5=CCO[C@H]6CC(=O)N2[C@H]1[C@H]6C5C[C@H]43.Cc1cc2c(C(=O)O)cc1CCc1ccc(cc1)CC2. The van der Waals surface area contributed by atoms with Crippen molar-refractivity contribution < 1.29 is 28.9 Å². The molecule has 1 saturated carbocycles. The average molecular weight is 661 g/mol. The highest BCUT2D eigenvalue weighted by molar-refractivity contribution is 6.00. The lowest BCUT2D eigenvalue weighted by atomic mass is 9.53. The van der Waals surface area contributed by atoms with Crippen molar-refractivity contribution in [1.82, 2.24) is 4.90 Å². The van der Waals surface area contributed by atoms with Crippen LogP contribution in [0, 0.1) is 18.8 Å². The van der Waals surface area contributed by atoms with E-state index >= 15 is 0 Å². The molecule has 0 aromatic heterocycles. The van der Waals surface area contributed by atoms with Gasteiger partial charge in [-0.05, 0) is 103 Å². The largest absolute Gasteiger partial charge is 0.493 e. The molecule has 5 aliphatic carbocycles. The van der Waals surface area contributed by atoms with Gasteiger partial charge in [0, 0.05) is 30.0 Å². The Morgan fingerprint density at radius 1 is 0.959 bits per heavy atom. The second-order valence-corrected chi connectivity index (χ2v) is 15.0. The van der Waals surface area contributed by atoms with Crippen molar-refractivity contribution in [3.05, 3.63) is 99.1 Å². The molecule has 1 spiro atoms. The van der Waals surface area contributed by atoms with Gasteiger partial charge in [0.2, 0.25) is 5.91 Å². The highest BCUT2D eigenvalue weighted by Gasteiger charge is 2.71. The summed E-state index contributed by atoms with van der Waals surface area (Å²) in [6, 6.07) is 17.5. The number of hydrogen-bond acceptors (Lipinski definition) is 6. The number of carbonyl (C=O) groups is 2. The van der Waals surface area contributed by atoms with Crippen LogP contribution in [0.2, 0.25) is 0 Å². The minimum absolute atomic E-state index is 0.0242. The Kier molecular flexibility index (Phi) is 7.22. The van der Waals surface area contributed by atoms with Crippen LogP contribution in [0.15, 0.2) is 60.2 Å². The Morgan fingerprint density at radius 3 is 2.39 bits per heavy atom. The van der Waals surface area contributed by atoms with Crippen LogP contribution < -0.4 is 14.4 Å². The van der Waals surface area contributed by atoms with Gasteiger partial charge in [-0.1, -0.05) is 42.0 Å². The van der Waals surface area contributed by atoms with Gasteiger partial charge < -0.3 is 24.2 Å². The number of rotatable bonds is 3. The molecular weight excluding hydrogens is 616 g/mol. The molecule has 5 heterocycles. The second kappa shape index (κ2) is 11.5. The number of carboxylic acid groups (broad SMARTS) is 1. The Labute approximate surface area is 287 Å². The Balaban J connectivity index is 0.000000143. The first-order valence-electron chi connectivity index (χ1n) is 17.9. The summed E-state index contributed by atoms with van der Waals surface area (Å²) in [5, 5.41) is 9.41. The summed E-state index contributed by atoms with van der Waals surface area (Å²) in [5.41, 5.74) is 10.2. The monoisotopic (exact) mass is 660 g/mol. The second-order valence-electron chi connectivity index (χ2n) is 15.0. The van der Waals surface area contributed by atoms with Gasteiger partial charge in [0.15, 0.2) is 11.5 Å². The van der Waals surface area contributed by atoms with Gasteiger partial charge in [-0.3, -0.25) is 9.69 Å². The lowest BCUT2D eigenvalue weighted by molar-refractivity contribution is -0.132. The number of aryl methyl sites for hydroxylation is 5. The summed E-state index contributed by atoms with van der Waals surface area (Å²) in [5.74, 6) is 1.76. The molecule has 49 heavy (non-hydrogen) atoms. The number of benzene rings is 3. The highest BCUT2D eigenvalue weighted by atomic mass is 16.5. The molecule has 10 aliphatic rings. The maximum Gasteiger partial charge on any atom is 0.335 e. The zero-order valence-corrected chi connectivity index (χ0v) is 28.5. The van der Waals surface area contributed by atoms with Gasteiger partial charge in [0.1, 0.15) is 0 Å². The first kappa shape index (κ1) is 30.9. The van der Waals surface area contributed by atoms with Gasteiger partial charge in [0.25, 0.3) is 0 Å². The fourth-order valence-corrected chi connectivity index (χ4v) is 10.8. The van der Waals surface area contributed by atoms with Crippen LogP contribution in [0.25, 0.3) is 0 Å². The van der Waals surface area contributed by atoms with Crippen LogP contribution in [0.5, 0.6) is 11.5 Å². The number of carboxylic acids is 1. The first-order chi connectivity index (χ1) is 23.8. The number of ether oxygens (including phenoxy) is 3. The molecule has 3 saturated heterocycles. The van der Waals surface area contributed by atoms with Gasteiger partial charge >= 0.3 is 5.97 Å². The van der Waals surface area contributed by atoms with Gasteiger partial charge in [-0.25, -0.2) is 4.79 Å². The van der Waals surface area contributed by atoms with Crippen molar-refractivity contribution in [2.75, 3.05) is 38.8 Å². The molecule has 3 aromatic rings. The normalized spacial score (nSPS) is 29.9. The Bertz CT molecular complexity index is 1900. The van der Waals surface area contributed by atoms with Crippen molar-refractivity contribution in [2.45, 2.75) is 75.5 Å². The van der Waals surface area contributed by atoms with Gasteiger partial charge in [-0.15, -0.1) is 0 Å². The number of amides is 1. The van der Waals surface area contributed by atoms with Crippen LogP contribution in [-0.2, 0) is 40.6 Å². The molecule has 8 heteroatoms. The zero-order valence-electron chi connectivity index (χ0n) is 28.5. The maximum absolute atomic E-state index is 13.5. The molecular formula is C41H44N2O6. The number of carbonyl (C=O) groups excluding carboxylic acids is 1. The molecule has 5 aliphatic heterocycles. The lowest BCUT2D eigenvalue weighted by Gasteiger charge is -2.58. The fraction of sp³-hybridized carbons (Fsp3) is 0.463. The number of nitrogens with zero attached hydrogens (tertiary/aromatic N) is 2. The maximum atomic E-state index is 13.5. The highest BCUT2D eigenvalue weighted by Crippen LogP contribution is 2.66. The molecule has 1 N–H and O–H groups in total. The summed E-state index contributed by atoms with van der Waals surface area (Å²) in [6.45, 7) is 4.89. The third kappa shape index (κ3) is 4.56. The van der Waals surface area contributed by atoms with E-state index in [1.165, 1.54) is 28.7 Å². The van der Waals surface area contributed by atoms with E-state index < -0.39 is 5.97 Å². The third-order valence-corrected chi connectivity index (χ3v) is 13.0. The van der Waals surface area contributed by atoms with Crippen LogP contribution in [0.1, 0.15) is 63.0 Å². The van der Waals surface area contributed by atoms with E-state index in [2.05, 4.69) is 59.2 Å². The van der Waals surface area contributed by atoms with E-state index in [0.29, 0.717) is 42.2 Å². The molecule has 0 radical (unpaired) electrons. The number of aromatic carboxylic acids is 1. The van der Waals surface area contributed by atoms with E-state index in [-0.39, 0.29) is 23.5 Å². The standard InChI is InChI=1S/C23H26N2O4.C18H18O2/c1-27-16-8-14-15(9-17(16)28-2)25-20(26)10-18-21-13-7-19-23(14,22(21)25)4-5-24(19)11-12(13)3-6-29-18;1-12-10-16-9-7-14-4-2-13(3-5-14)6-8-15(12)11-17(16)18(19)20/h3,8-9,13,18-19,21-22H,4-7,10-11H2,1-2H3;2-5,10-11H,6-9H2,1H3,(H,19,20)/t13?,18-,19-,21-,22-,23?;/m0./s1. The van der Waals surface area contributed by atoms with Crippen LogP contribution in [0.3, 0.4) is 0 Å². The minimum atomic E-state index is -0.813. The van der Waals surface area contributed by atoms with Crippen LogP contribution in [0.4, 0.5) is 5.69 Å². The predicted molar refractivity (Wildman–Crippen MR) is 186 cm³/mol. The van der Waals surface area contributed by atoms with E-state index in [0.717, 1.165) is 67.8 Å². The van der Waals surface area contributed by atoms with Crippen molar-refractivity contribution in [2.24, 2.45) is 11.8 Å². The lowest BCUT2D eigenvalue weighted by Crippen LogP contribution is -2.69. The fourth-order valence-electron chi connectivity index (χ4n) is 10.8. The van der Waals surface area contributed by atoms with Gasteiger partial charge in [-0.2, -0.15) is 0 Å². The summed E-state index contributed by atoms with van der Waals surface area (Å²) in [4.78, 5) is 29.7. The number of methoxy groups -OCH3 is 2. The third-order valence-electron chi connectivity index (χ3n) is 13.0. The molecule has 6 bridgehead atoms. The molecule has 3 aromatic carbocycles. The summed E-state index contributed by atoms with van der Waals surface area (Å²) in [7, 11) is 3.36. The Morgan fingerprint density at radius 2 is 1.67 bits per heavy atom. The number of hydrogen-bond donors (Lipinski definition) is 1. The van der Waals surface area contributed by atoms with E-state index in [4.69, 9.17) is 14.2 Å². The molecule has 8 nitrogen and oxygen atoms in total. The van der Waals surface area contributed by atoms with Gasteiger partial charge in [0.05, 0.1) is 50.6 Å². The van der Waals surface area contributed by atoms with Crippen molar-refractivity contribution in [3.63, 3.8) is 0 Å². The number of piperidine rings is 2. The smallest absolute Gasteiger partial charge is 0.335 e.